The van der Waals surface area contributed by atoms with Crippen LogP contribution in [-0.4, -0.2) is 47.2 Å². The molecule has 0 atom stereocenters. The molecule has 0 spiro atoms. The van der Waals surface area contributed by atoms with Crippen molar-refractivity contribution < 1.29 is 9.59 Å². The van der Waals surface area contributed by atoms with Crippen molar-refractivity contribution in [3.63, 3.8) is 0 Å². The van der Waals surface area contributed by atoms with Crippen LogP contribution in [-0.2, 0) is 22.7 Å². The molecule has 1 aromatic heterocycles. The molecule has 0 saturated heterocycles. The van der Waals surface area contributed by atoms with E-state index in [9.17, 15) is 9.59 Å². The summed E-state index contributed by atoms with van der Waals surface area (Å²) < 4.78 is 0. The summed E-state index contributed by atoms with van der Waals surface area (Å²) in [7, 11) is 3.66. The van der Waals surface area contributed by atoms with Gasteiger partial charge in [0.1, 0.15) is 5.82 Å². The lowest BCUT2D eigenvalue weighted by Crippen LogP contribution is -2.33. The Morgan fingerprint density at radius 2 is 1.84 bits per heavy atom. The van der Waals surface area contributed by atoms with Gasteiger partial charge in [-0.05, 0) is 41.9 Å². The fourth-order valence-corrected chi connectivity index (χ4v) is 3.95. The molecule has 0 N–H and O–H groups in total. The summed E-state index contributed by atoms with van der Waals surface area (Å²) in [5.41, 5.74) is 3.25. The number of aromatic nitrogens is 1. The summed E-state index contributed by atoms with van der Waals surface area (Å²) >= 11 is 0. The van der Waals surface area contributed by atoms with Gasteiger partial charge < -0.3 is 4.90 Å². The maximum Gasteiger partial charge on any atom is 0.248 e. The van der Waals surface area contributed by atoms with Gasteiger partial charge in [-0.15, -0.1) is 12.4 Å². The number of nitrogens with zero attached hydrogens (tertiary/aromatic N) is 4. The number of halogens is 1. The normalized spacial score (nSPS) is 14.2. The van der Waals surface area contributed by atoms with Gasteiger partial charge in [-0.25, -0.2) is 4.98 Å². The minimum Gasteiger partial charge on any atom is -0.338 e. The third kappa shape index (κ3) is 4.82. The van der Waals surface area contributed by atoms with E-state index in [0.717, 1.165) is 16.5 Å². The second-order valence-electron chi connectivity index (χ2n) is 8.02. The molecule has 1 aliphatic heterocycles. The summed E-state index contributed by atoms with van der Waals surface area (Å²) in [6.45, 7) is 3.47. The van der Waals surface area contributed by atoms with Crippen LogP contribution in [0.25, 0.3) is 10.8 Å². The minimum atomic E-state index is -0.174. The average molecular weight is 451 g/mol. The number of carbonyl (C=O) groups is 2. The van der Waals surface area contributed by atoms with Crippen molar-refractivity contribution in [3.05, 3.63) is 83.7 Å². The van der Waals surface area contributed by atoms with Crippen LogP contribution in [0.5, 0.6) is 0 Å². The molecule has 2 aromatic carbocycles. The molecule has 4 rings (SSSR count). The maximum absolute atomic E-state index is 12.8. The van der Waals surface area contributed by atoms with Gasteiger partial charge in [0.15, 0.2) is 0 Å². The van der Waals surface area contributed by atoms with Crippen LogP contribution in [0, 0.1) is 6.92 Å². The molecule has 0 fully saturated rings. The number of hydrogen-bond donors (Lipinski definition) is 0. The van der Waals surface area contributed by atoms with E-state index in [2.05, 4.69) is 36.2 Å². The maximum atomic E-state index is 12.8. The Hall–Kier alpha value is -3.22. The molecule has 166 valence electrons. The summed E-state index contributed by atoms with van der Waals surface area (Å²) in [6.07, 6.45) is 4.65. The fraction of sp³-hybridized carbons (Fsp3) is 0.240. The Bertz CT molecular complexity index is 1180. The molecular formula is C25H27ClN4O2. The Balaban J connectivity index is 0.00000289. The largest absolute Gasteiger partial charge is 0.338 e. The molecule has 7 heteroatoms. The van der Waals surface area contributed by atoms with E-state index in [-0.39, 0.29) is 30.8 Å². The fourth-order valence-electron chi connectivity index (χ4n) is 3.95. The first-order valence-corrected chi connectivity index (χ1v) is 10.3. The van der Waals surface area contributed by atoms with Gasteiger partial charge in [0.2, 0.25) is 11.8 Å². The van der Waals surface area contributed by atoms with Crippen LogP contribution in [0.1, 0.15) is 16.7 Å². The van der Waals surface area contributed by atoms with Crippen molar-refractivity contribution in [3.8, 4) is 0 Å². The molecule has 0 unspecified atom stereocenters. The van der Waals surface area contributed by atoms with Crippen LogP contribution in [0.3, 0.4) is 0 Å². The molecule has 0 aliphatic carbocycles. The third-order valence-corrected chi connectivity index (χ3v) is 5.59. The van der Waals surface area contributed by atoms with Gasteiger partial charge in [-0.2, -0.15) is 0 Å². The number of anilines is 1. The van der Waals surface area contributed by atoms with E-state index in [1.54, 1.807) is 24.3 Å². The number of benzene rings is 2. The van der Waals surface area contributed by atoms with Gasteiger partial charge in [-0.3, -0.25) is 19.4 Å². The van der Waals surface area contributed by atoms with Crippen molar-refractivity contribution in [2.24, 2.45) is 0 Å². The van der Waals surface area contributed by atoms with Gasteiger partial charge >= 0.3 is 0 Å². The zero-order valence-electron chi connectivity index (χ0n) is 18.5. The Morgan fingerprint density at radius 3 is 2.62 bits per heavy atom. The van der Waals surface area contributed by atoms with Crippen LogP contribution < -0.4 is 4.90 Å². The Labute approximate surface area is 194 Å². The van der Waals surface area contributed by atoms with Crippen LogP contribution in [0.15, 0.2) is 67.0 Å². The highest BCUT2D eigenvalue weighted by atomic mass is 35.5. The highest BCUT2D eigenvalue weighted by Gasteiger charge is 2.24. The van der Waals surface area contributed by atoms with Crippen molar-refractivity contribution in [1.29, 1.82) is 0 Å². The number of rotatable bonds is 4. The number of carbonyl (C=O) groups excluding carboxylic acids is 2. The van der Waals surface area contributed by atoms with Crippen molar-refractivity contribution in [1.82, 2.24) is 14.8 Å². The standard InChI is InChI=1S/C25H26N4O2.ClH/c1-18-10-11-19(22-9-5-4-8-21(18)22)16-28(3)23(30)12-14-29-24(31)17-27(2)15-20-7-6-13-26-25(20)29;/h4-14H,15-17H2,1-3H3;1H/b14-12+;. The van der Waals surface area contributed by atoms with E-state index < -0.39 is 0 Å². The number of likely N-dealkylation sites (N-methyl/N-ethyl adjacent to an activating group) is 2. The minimum absolute atomic E-state index is 0. The molecule has 0 radical (unpaired) electrons. The smallest absolute Gasteiger partial charge is 0.248 e. The van der Waals surface area contributed by atoms with Gasteiger partial charge in [0, 0.05) is 44.2 Å². The second kappa shape index (κ2) is 9.94. The summed E-state index contributed by atoms with van der Waals surface area (Å²) in [5.74, 6) is 0.289. The highest BCUT2D eigenvalue weighted by Crippen LogP contribution is 2.24. The van der Waals surface area contributed by atoms with Crippen molar-refractivity contribution in [2.75, 3.05) is 25.5 Å². The van der Waals surface area contributed by atoms with Gasteiger partial charge in [-0.1, -0.05) is 42.5 Å². The van der Waals surface area contributed by atoms with E-state index in [0.29, 0.717) is 18.9 Å². The highest BCUT2D eigenvalue weighted by molar-refractivity contribution is 5.98. The van der Waals surface area contributed by atoms with Crippen molar-refractivity contribution in [2.45, 2.75) is 20.0 Å². The second-order valence-corrected chi connectivity index (χ2v) is 8.02. The number of amides is 2. The van der Waals surface area contributed by atoms with E-state index in [4.69, 9.17) is 0 Å². The van der Waals surface area contributed by atoms with Gasteiger partial charge in [0.25, 0.3) is 0 Å². The van der Waals surface area contributed by atoms with Crippen LogP contribution in [0.4, 0.5) is 5.82 Å². The SMILES string of the molecule is Cc1ccc(CN(C)C(=O)/C=C/N2C(=O)CN(C)Cc3cccnc32)c2ccccc12.Cl. The lowest BCUT2D eigenvalue weighted by molar-refractivity contribution is -0.125. The quantitative estimate of drug-likeness (QED) is 0.565. The lowest BCUT2D eigenvalue weighted by Gasteiger charge is -2.19. The topological polar surface area (TPSA) is 56.8 Å². The van der Waals surface area contributed by atoms with Crippen LogP contribution in [0.2, 0.25) is 0 Å². The monoisotopic (exact) mass is 450 g/mol. The molecule has 2 amide bonds. The molecular weight excluding hydrogens is 424 g/mol. The number of hydrogen-bond acceptors (Lipinski definition) is 4. The lowest BCUT2D eigenvalue weighted by atomic mass is 10.00. The van der Waals surface area contributed by atoms with Gasteiger partial charge in [0.05, 0.1) is 6.54 Å². The molecule has 32 heavy (non-hydrogen) atoms. The summed E-state index contributed by atoms with van der Waals surface area (Å²) in [5, 5.41) is 2.34. The first kappa shape index (κ1) is 23.4. The van der Waals surface area contributed by atoms with E-state index in [1.165, 1.54) is 21.9 Å². The van der Waals surface area contributed by atoms with Crippen LogP contribution >= 0.6 is 12.4 Å². The molecule has 6 nitrogen and oxygen atoms in total. The Kier molecular flexibility index (Phi) is 7.28. The van der Waals surface area contributed by atoms with E-state index >= 15 is 0 Å². The first-order valence-electron chi connectivity index (χ1n) is 10.3. The average Bonchev–Trinajstić information content (AvgIpc) is 2.88. The summed E-state index contributed by atoms with van der Waals surface area (Å²) in [4.78, 5) is 35.0. The van der Waals surface area contributed by atoms with Crippen molar-refractivity contribution >= 4 is 40.8 Å². The number of fused-ring (bicyclic) bond motifs is 2. The molecule has 1 aliphatic rings. The number of pyridine rings is 1. The third-order valence-electron chi connectivity index (χ3n) is 5.59. The molecule has 3 aromatic rings. The summed E-state index contributed by atoms with van der Waals surface area (Å²) in [6, 6.07) is 16.2. The van der Waals surface area contributed by atoms with E-state index in [1.807, 2.05) is 36.2 Å². The molecule has 2 heterocycles. The molecule has 0 saturated carbocycles. The number of aryl methyl sites for hydroxylation is 1. The first-order chi connectivity index (χ1) is 14.9. The predicted molar refractivity (Wildman–Crippen MR) is 130 cm³/mol. The zero-order valence-corrected chi connectivity index (χ0v) is 19.3. The zero-order chi connectivity index (χ0) is 22.0. The Morgan fingerprint density at radius 1 is 1.09 bits per heavy atom. The predicted octanol–water partition coefficient (Wildman–Crippen LogP) is 3.92. The molecule has 0 bridgehead atoms.